The van der Waals surface area contributed by atoms with Crippen molar-refractivity contribution >= 4 is 17.9 Å². The normalized spacial score (nSPS) is 11.3. The number of hydrogen-bond acceptors (Lipinski definition) is 6. The first-order valence-electron chi connectivity index (χ1n) is 10.1. The molecule has 6 nitrogen and oxygen atoms in total. The topological polar surface area (TPSA) is 78.9 Å². The van der Waals surface area contributed by atoms with Crippen molar-refractivity contribution in [2.75, 3.05) is 19.8 Å². The Labute approximate surface area is 164 Å². The zero-order chi connectivity index (χ0) is 20.8. The summed E-state index contributed by atoms with van der Waals surface area (Å²) in [4.78, 5) is 36.4. The summed E-state index contributed by atoms with van der Waals surface area (Å²) >= 11 is 0. The van der Waals surface area contributed by atoms with Gasteiger partial charge in [0.25, 0.3) is 0 Å². The van der Waals surface area contributed by atoms with Crippen molar-refractivity contribution in [1.82, 2.24) is 0 Å². The highest BCUT2D eigenvalue weighted by Crippen LogP contribution is 2.15. The lowest BCUT2D eigenvalue weighted by Crippen LogP contribution is -2.26. The maximum atomic E-state index is 12.3. The smallest absolute Gasteiger partial charge is 0.310 e. The second kappa shape index (κ2) is 14.5. The van der Waals surface area contributed by atoms with Crippen molar-refractivity contribution in [3.63, 3.8) is 0 Å². The number of carbonyl (C=O) groups is 3. The van der Waals surface area contributed by atoms with E-state index in [0.29, 0.717) is 31.0 Å². The summed E-state index contributed by atoms with van der Waals surface area (Å²) in [5, 5.41) is 0. The van der Waals surface area contributed by atoms with Crippen molar-refractivity contribution in [2.24, 2.45) is 23.7 Å². The molecule has 0 aromatic rings. The van der Waals surface area contributed by atoms with Crippen LogP contribution in [0.15, 0.2) is 0 Å². The molecule has 0 atom stereocenters. The Morgan fingerprint density at radius 2 is 0.926 bits per heavy atom. The lowest BCUT2D eigenvalue weighted by Gasteiger charge is -2.16. The Balaban J connectivity index is 4.61. The van der Waals surface area contributed by atoms with E-state index in [2.05, 4.69) is 0 Å². The zero-order valence-corrected chi connectivity index (χ0v) is 17.9. The molecule has 0 fully saturated rings. The molecular weight excluding hydrogens is 348 g/mol. The Morgan fingerprint density at radius 1 is 0.593 bits per heavy atom. The molecule has 0 N–H and O–H groups in total. The van der Waals surface area contributed by atoms with Crippen LogP contribution in [-0.2, 0) is 28.6 Å². The van der Waals surface area contributed by atoms with Crippen LogP contribution in [0, 0.1) is 23.7 Å². The number of ether oxygens (including phenoxy) is 3. The number of rotatable bonds is 14. The SMILES string of the molecule is CC(C)CCOC(=O)CC(CC(=O)OCCC(C)C)C(=O)OCCC(C)C. The fraction of sp³-hybridized carbons (Fsp3) is 0.857. The van der Waals surface area contributed by atoms with Gasteiger partial charge in [-0.2, -0.15) is 0 Å². The molecule has 6 heteroatoms. The van der Waals surface area contributed by atoms with Gasteiger partial charge in [0.2, 0.25) is 0 Å². The third kappa shape index (κ3) is 15.2. The molecule has 0 aromatic carbocycles. The molecule has 0 saturated carbocycles. The van der Waals surface area contributed by atoms with E-state index in [1.165, 1.54) is 0 Å². The van der Waals surface area contributed by atoms with Gasteiger partial charge in [-0.1, -0.05) is 41.5 Å². The van der Waals surface area contributed by atoms with E-state index in [-0.39, 0.29) is 19.4 Å². The van der Waals surface area contributed by atoms with Crippen LogP contribution in [0.3, 0.4) is 0 Å². The van der Waals surface area contributed by atoms with Gasteiger partial charge < -0.3 is 14.2 Å². The molecule has 0 radical (unpaired) electrons. The largest absolute Gasteiger partial charge is 0.466 e. The maximum Gasteiger partial charge on any atom is 0.310 e. The third-order valence-corrected chi connectivity index (χ3v) is 4.02. The van der Waals surface area contributed by atoms with E-state index in [4.69, 9.17) is 14.2 Å². The van der Waals surface area contributed by atoms with Gasteiger partial charge in [-0.05, 0) is 37.0 Å². The zero-order valence-electron chi connectivity index (χ0n) is 17.9. The third-order valence-electron chi connectivity index (χ3n) is 4.02. The van der Waals surface area contributed by atoms with Crippen molar-refractivity contribution in [3.05, 3.63) is 0 Å². The van der Waals surface area contributed by atoms with Crippen molar-refractivity contribution < 1.29 is 28.6 Å². The Bertz CT molecular complexity index is 414. The first-order chi connectivity index (χ1) is 12.6. The fourth-order valence-electron chi connectivity index (χ4n) is 2.09. The molecule has 27 heavy (non-hydrogen) atoms. The molecule has 0 spiro atoms. The van der Waals surface area contributed by atoms with Gasteiger partial charge in [0.1, 0.15) is 0 Å². The average molecular weight is 387 g/mol. The quantitative estimate of drug-likeness (QED) is 0.330. The van der Waals surface area contributed by atoms with Crippen LogP contribution in [0.2, 0.25) is 0 Å². The molecule has 0 aromatic heterocycles. The van der Waals surface area contributed by atoms with Crippen molar-refractivity contribution in [1.29, 1.82) is 0 Å². The van der Waals surface area contributed by atoms with Gasteiger partial charge in [0.05, 0.1) is 38.6 Å². The molecule has 0 heterocycles. The summed E-state index contributed by atoms with van der Waals surface area (Å²) in [7, 11) is 0. The van der Waals surface area contributed by atoms with E-state index in [1.54, 1.807) is 0 Å². The molecule has 0 rings (SSSR count). The first kappa shape index (κ1) is 25.4. The van der Waals surface area contributed by atoms with Gasteiger partial charge >= 0.3 is 17.9 Å². The molecule has 0 aliphatic carbocycles. The Morgan fingerprint density at radius 3 is 1.26 bits per heavy atom. The lowest BCUT2D eigenvalue weighted by atomic mass is 10.0. The second-order valence-electron chi connectivity index (χ2n) is 8.26. The van der Waals surface area contributed by atoms with Gasteiger partial charge in [-0.25, -0.2) is 0 Å². The molecule has 158 valence electrons. The molecule has 0 unspecified atom stereocenters. The Kier molecular flexibility index (Phi) is 13.6. The summed E-state index contributed by atoms with van der Waals surface area (Å²) in [5.74, 6) is -1.14. The molecule has 0 bridgehead atoms. The van der Waals surface area contributed by atoms with Gasteiger partial charge in [-0.3, -0.25) is 14.4 Å². The number of carbonyl (C=O) groups excluding carboxylic acids is 3. The molecule has 0 aliphatic heterocycles. The van der Waals surface area contributed by atoms with Crippen LogP contribution in [0.25, 0.3) is 0 Å². The minimum Gasteiger partial charge on any atom is -0.466 e. The van der Waals surface area contributed by atoms with E-state index < -0.39 is 23.8 Å². The molecule has 0 aliphatic rings. The lowest BCUT2D eigenvalue weighted by molar-refractivity contribution is -0.159. The van der Waals surface area contributed by atoms with Crippen LogP contribution in [0.4, 0.5) is 0 Å². The monoisotopic (exact) mass is 386 g/mol. The van der Waals surface area contributed by atoms with E-state index >= 15 is 0 Å². The van der Waals surface area contributed by atoms with E-state index in [1.807, 2.05) is 41.5 Å². The van der Waals surface area contributed by atoms with Crippen LogP contribution in [0.5, 0.6) is 0 Å². The van der Waals surface area contributed by atoms with Crippen LogP contribution in [0.1, 0.15) is 73.6 Å². The highest BCUT2D eigenvalue weighted by Gasteiger charge is 2.28. The summed E-state index contributed by atoms with van der Waals surface area (Å²) in [6.07, 6.45) is 1.91. The number of hydrogen-bond donors (Lipinski definition) is 0. The van der Waals surface area contributed by atoms with Crippen molar-refractivity contribution in [2.45, 2.75) is 73.6 Å². The molecular formula is C21H38O6. The molecule has 0 saturated heterocycles. The summed E-state index contributed by atoms with van der Waals surface area (Å²) in [6, 6.07) is 0. The van der Waals surface area contributed by atoms with Gasteiger partial charge in [0, 0.05) is 0 Å². The first-order valence-corrected chi connectivity index (χ1v) is 10.1. The highest BCUT2D eigenvalue weighted by atomic mass is 16.5. The van der Waals surface area contributed by atoms with Crippen LogP contribution in [-0.4, -0.2) is 37.7 Å². The summed E-state index contributed by atoms with van der Waals surface area (Å²) in [6.45, 7) is 13.1. The standard InChI is InChI=1S/C21H38O6/c1-15(2)7-10-25-19(22)13-18(21(24)27-12-9-17(5)6)14-20(23)26-11-8-16(3)4/h15-18H,7-14H2,1-6H3. The van der Waals surface area contributed by atoms with Gasteiger partial charge in [0.15, 0.2) is 0 Å². The fourth-order valence-corrected chi connectivity index (χ4v) is 2.09. The van der Waals surface area contributed by atoms with Gasteiger partial charge in [-0.15, -0.1) is 0 Å². The highest BCUT2D eigenvalue weighted by molar-refractivity contribution is 5.84. The summed E-state index contributed by atoms with van der Waals surface area (Å²) < 4.78 is 15.6. The second-order valence-corrected chi connectivity index (χ2v) is 8.26. The van der Waals surface area contributed by atoms with Crippen molar-refractivity contribution in [3.8, 4) is 0 Å². The van der Waals surface area contributed by atoms with Crippen LogP contribution < -0.4 is 0 Å². The van der Waals surface area contributed by atoms with E-state index in [9.17, 15) is 14.4 Å². The van der Waals surface area contributed by atoms with E-state index in [0.717, 1.165) is 19.3 Å². The maximum absolute atomic E-state index is 12.3. The minimum atomic E-state index is -0.865. The molecule has 0 amide bonds. The van der Waals surface area contributed by atoms with Crippen LogP contribution >= 0.6 is 0 Å². The summed E-state index contributed by atoms with van der Waals surface area (Å²) in [5.41, 5.74) is 0. The predicted molar refractivity (Wildman–Crippen MR) is 104 cm³/mol. The minimum absolute atomic E-state index is 0.169. The Hall–Kier alpha value is -1.59. The number of esters is 3. The average Bonchev–Trinajstić information content (AvgIpc) is 2.52. The predicted octanol–water partition coefficient (Wildman–Crippen LogP) is 4.15.